The standard InChI is InChI=1S/C26H21BrClNO4/c1-3-31-23-14-17(12-21(28)24(23)32-15-19-7-5-4-6-16(19)2)13-22-26(30)33-25(29-22)18-8-10-20(27)11-9-18/h4-14H,3,15H2,1-2H3/b22-13-. The normalized spacial score (nSPS) is 14.2. The van der Waals surface area contributed by atoms with Gasteiger partial charge in [-0.2, -0.15) is 0 Å². The van der Waals surface area contributed by atoms with E-state index in [9.17, 15) is 4.79 Å². The molecule has 0 aliphatic carbocycles. The number of hydrogen-bond acceptors (Lipinski definition) is 5. The monoisotopic (exact) mass is 525 g/mol. The zero-order chi connectivity index (χ0) is 23.4. The summed E-state index contributed by atoms with van der Waals surface area (Å²) in [6.07, 6.45) is 1.62. The van der Waals surface area contributed by atoms with Gasteiger partial charge in [-0.15, -0.1) is 0 Å². The number of aryl methyl sites for hydroxylation is 1. The molecule has 0 fully saturated rings. The minimum absolute atomic E-state index is 0.181. The molecule has 0 radical (unpaired) electrons. The molecular formula is C26H21BrClNO4. The predicted octanol–water partition coefficient (Wildman–Crippen LogP) is 6.73. The van der Waals surface area contributed by atoms with Gasteiger partial charge in [0, 0.05) is 10.0 Å². The summed E-state index contributed by atoms with van der Waals surface area (Å²) in [5.41, 5.74) is 3.74. The van der Waals surface area contributed by atoms with Crippen LogP contribution in [-0.2, 0) is 16.1 Å². The van der Waals surface area contributed by atoms with Gasteiger partial charge in [-0.05, 0) is 73.0 Å². The Balaban J connectivity index is 1.61. The summed E-state index contributed by atoms with van der Waals surface area (Å²) in [5, 5.41) is 0.380. The first-order valence-corrected chi connectivity index (χ1v) is 11.5. The molecule has 3 aromatic carbocycles. The van der Waals surface area contributed by atoms with E-state index >= 15 is 0 Å². The largest absolute Gasteiger partial charge is 0.490 e. The van der Waals surface area contributed by atoms with E-state index in [2.05, 4.69) is 20.9 Å². The maximum absolute atomic E-state index is 12.4. The second kappa shape index (κ2) is 10.2. The topological polar surface area (TPSA) is 57.1 Å². The Morgan fingerprint density at radius 2 is 1.85 bits per heavy atom. The molecule has 7 heteroatoms. The van der Waals surface area contributed by atoms with Gasteiger partial charge in [-0.1, -0.05) is 51.8 Å². The van der Waals surface area contributed by atoms with Crippen molar-refractivity contribution in [1.29, 1.82) is 0 Å². The van der Waals surface area contributed by atoms with Crippen LogP contribution >= 0.6 is 27.5 Å². The van der Waals surface area contributed by atoms with Crippen molar-refractivity contribution >= 4 is 45.5 Å². The smallest absolute Gasteiger partial charge is 0.363 e. The average molecular weight is 527 g/mol. The number of nitrogens with zero attached hydrogens (tertiary/aromatic N) is 1. The van der Waals surface area contributed by atoms with Gasteiger partial charge >= 0.3 is 5.97 Å². The molecule has 1 aliphatic rings. The van der Waals surface area contributed by atoms with Gasteiger partial charge in [0.05, 0.1) is 11.6 Å². The molecule has 0 N–H and O–H groups in total. The molecule has 0 spiro atoms. The van der Waals surface area contributed by atoms with Crippen LogP contribution in [-0.4, -0.2) is 18.5 Å². The van der Waals surface area contributed by atoms with Crippen LogP contribution in [0.3, 0.4) is 0 Å². The lowest BCUT2D eigenvalue weighted by Crippen LogP contribution is -2.05. The van der Waals surface area contributed by atoms with Crippen molar-refractivity contribution in [1.82, 2.24) is 0 Å². The summed E-state index contributed by atoms with van der Waals surface area (Å²) in [4.78, 5) is 16.7. The lowest BCUT2D eigenvalue weighted by molar-refractivity contribution is -0.129. The van der Waals surface area contributed by atoms with Gasteiger partial charge in [-0.3, -0.25) is 0 Å². The first-order valence-electron chi connectivity index (χ1n) is 10.4. The van der Waals surface area contributed by atoms with Crippen LogP contribution in [0.1, 0.15) is 29.2 Å². The zero-order valence-corrected chi connectivity index (χ0v) is 20.4. The van der Waals surface area contributed by atoms with E-state index in [1.54, 1.807) is 18.2 Å². The quantitative estimate of drug-likeness (QED) is 0.253. The zero-order valence-electron chi connectivity index (χ0n) is 18.1. The van der Waals surface area contributed by atoms with E-state index in [0.717, 1.165) is 15.6 Å². The predicted molar refractivity (Wildman–Crippen MR) is 133 cm³/mol. The number of cyclic esters (lactones) is 1. The average Bonchev–Trinajstić information content (AvgIpc) is 3.15. The summed E-state index contributed by atoms with van der Waals surface area (Å²) in [6.45, 7) is 4.71. The van der Waals surface area contributed by atoms with Crippen molar-refractivity contribution < 1.29 is 19.0 Å². The summed E-state index contributed by atoms with van der Waals surface area (Å²) >= 11 is 9.93. The molecule has 0 amide bonds. The summed E-state index contributed by atoms with van der Waals surface area (Å²) in [5.74, 6) is 0.681. The second-order valence-corrected chi connectivity index (χ2v) is 8.64. The Hall–Kier alpha value is -3.09. The van der Waals surface area contributed by atoms with Gasteiger partial charge < -0.3 is 14.2 Å². The van der Waals surface area contributed by atoms with Crippen LogP contribution in [0.15, 0.2) is 75.8 Å². The van der Waals surface area contributed by atoms with Crippen LogP contribution in [0.5, 0.6) is 11.5 Å². The van der Waals surface area contributed by atoms with Crippen molar-refractivity contribution in [2.45, 2.75) is 20.5 Å². The summed E-state index contributed by atoms with van der Waals surface area (Å²) in [7, 11) is 0. The van der Waals surface area contributed by atoms with Crippen LogP contribution in [0.25, 0.3) is 6.08 Å². The van der Waals surface area contributed by atoms with Crippen LogP contribution < -0.4 is 9.47 Å². The fourth-order valence-corrected chi connectivity index (χ4v) is 3.82. The van der Waals surface area contributed by atoms with E-state index in [0.29, 0.717) is 40.9 Å². The third-order valence-electron chi connectivity index (χ3n) is 4.98. The third kappa shape index (κ3) is 5.46. The molecule has 0 atom stereocenters. The van der Waals surface area contributed by atoms with Gasteiger partial charge in [0.2, 0.25) is 5.90 Å². The molecule has 0 bridgehead atoms. The first-order chi connectivity index (χ1) is 15.9. The lowest BCUT2D eigenvalue weighted by atomic mass is 10.1. The van der Waals surface area contributed by atoms with E-state index in [1.807, 2.05) is 62.4 Å². The highest BCUT2D eigenvalue weighted by molar-refractivity contribution is 9.10. The molecule has 0 saturated carbocycles. The number of carbonyl (C=O) groups excluding carboxylic acids is 1. The van der Waals surface area contributed by atoms with E-state index < -0.39 is 5.97 Å². The number of esters is 1. The molecule has 0 aromatic heterocycles. The van der Waals surface area contributed by atoms with Crippen molar-refractivity contribution in [3.05, 3.63) is 98.1 Å². The minimum atomic E-state index is -0.526. The van der Waals surface area contributed by atoms with Crippen LogP contribution in [0.4, 0.5) is 0 Å². The molecule has 4 rings (SSSR count). The highest BCUT2D eigenvalue weighted by Gasteiger charge is 2.24. The Morgan fingerprint density at radius 1 is 1.09 bits per heavy atom. The van der Waals surface area contributed by atoms with E-state index in [-0.39, 0.29) is 11.6 Å². The Morgan fingerprint density at radius 3 is 2.58 bits per heavy atom. The molecular weight excluding hydrogens is 506 g/mol. The third-order valence-corrected chi connectivity index (χ3v) is 5.79. The number of benzene rings is 3. The number of aliphatic imine (C=N–C) groups is 1. The Kier molecular flexibility index (Phi) is 7.16. The second-order valence-electron chi connectivity index (χ2n) is 7.32. The number of carbonyl (C=O) groups is 1. The van der Waals surface area contributed by atoms with Crippen molar-refractivity contribution in [2.24, 2.45) is 4.99 Å². The number of hydrogen-bond donors (Lipinski definition) is 0. The highest BCUT2D eigenvalue weighted by Crippen LogP contribution is 2.38. The Bertz CT molecular complexity index is 1250. The van der Waals surface area contributed by atoms with Crippen molar-refractivity contribution in [2.75, 3.05) is 6.61 Å². The number of ether oxygens (including phenoxy) is 3. The molecule has 3 aromatic rings. The van der Waals surface area contributed by atoms with Gasteiger partial charge in [0.15, 0.2) is 17.2 Å². The highest BCUT2D eigenvalue weighted by atomic mass is 79.9. The first kappa shape index (κ1) is 23.1. The molecule has 0 saturated heterocycles. The van der Waals surface area contributed by atoms with Gasteiger partial charge in [0.1, 0.15) is 6.61 Å². The van der Waals surface area contributed by atoms with E-state index in [1.165, 1.54) is 0 Å². The number of halogens is 2. The summed E-state index contributed by atoms with van der Waals surface area (Å²) < 4.78 is 18.1. The molecule has 5 nitrogen and oxygen atoms in total. The van der Waals surface area contributed by atoms with Crippen LogP contribution in [0.2, 0.25) is 5.02 Å². The maximum Gasteiger partial charge on any atom is 0.363 e. The minimum Gasteiger partial charge on any atom is -0.490 e. The molecule has 168 valence electrons. The maximum atomic E-state index is 12.4. The Labute approximate surface area is 205 Å². The summed E-state index contributed by atoms with van der Waals surface area (Å²) in [6, 6.07) is 18.8. The van der Waals surface area contributed by atoms with E-state index in [4.69, 9.17) is 25.8 Å². The SMILES string of the molecule is CCOc1cc(/C=C2\N=C(c3ccc(Br)cc3)OC2=O)cc(Cl)c1OCc1ccccc1C. The fourth-order valence-electron chi connectivity index (χ4n) is 3.28. The van der Waals surface area contributed by atoms with Gasteiger partial charge in [-0.25, -0.2) is 9.79 Å². The molecule has 1 heterocycles. The lowest BCUT2D eigenvalue weighted by Gasteiger charge is -2.15. The molecule has 1 aliphatic heterocycles. The fraction of sp³-hybridized carbons (Fsp3) is 0.154. The number of rotatable bonds is 7. The van der Waals surface area contributed by atoms with Gasteiger partial charge in [0.25, 0.3) is 0 Å². The van der Waals surface area contributed by atoms with Crippen molar-refractivity contribution in [3.63, 3.8) is 0 Å². The molecule has 33 heavy (non-hydrogen) atoms. The van der Waals surface area contributed by atoms with Crippen LogP contribution in [0, 0.1) is 6.92 Å². The molecule has 0 unspecified atom stereocenters. The van der Waals surface area contributed by atoms with Crippen molar-refractivity contribution in [3.8, 4) is 11.5 Å².